The van der Waals surface area contributed by atoms with Gasteiger partial charge in [-0.05, 0) is 58.1 Å². The van der Waals surface area contributed by atoms with E-state index in [1.807, 2.05) is 13.0 Å². The van der Waals surface area contributed by atoms with E-state index in [2.05, 4.69) is 36.0 Å². The summed E-state index contributed by atoms with van der Waals surface area (Å²) in [5.74, 6) is 0.795. The smallest absolute Gasteiger partial charge is 0.124 e. The quantitative estimate of drug-likeness (QED) is 0.839. The average Bonchev–Trinajstić information content (AvgIpc) is 2.51. The molecule has 1 atom stereocenters. The van der Waals surface area contributed by atoms with Crippen molar-refractivity contribution in [3.63, 3.8) is 0 Å². The molecule has 0 amide bonds. The molecule has 124 valence electrons. The lowest BCUT2D eigenvalue weighted by atomic mass is 10.0. The second-order valence-corrected chi connectivity index (χ2v) is 6.36. The number of likely N-dealkylation sites (N-methyl/N-ethyl adjacent to an activating group) is 2. The zero-order valence-electron chi connectivity index (χ0n) is 14.2. The van der Waals surface area contributed by atoms with Crippen molar-refractivity contribution in [2.24, 2.45) is 0 Å². The number of benzene rings is 1. The second-order valence-electron chi connectivity index (χ2n) is 6.36. The molecule has 0 unspecified atom stereocenters. The predicted octanol–water partition coefficient (Wildman–Crippen LogP) is 2.49. The van der Waals surface area contributed by atoms with Crippen molar-refractivity contribution in [3.05, 3.63) is 29.3 Å². The van der Waals surface area contributed by atoms with Gasteiger partial charge in [0.05, 0.1) is 13.2 Å². The van der Waals surface area contributed by atoms with Crippen LogP contribution in [0.5, 0.6) is 5.75 Å². The van der Waals surface area contributed by atoms with E-state index in [-0.39, 0.29) is 6.61 Å². The highest BCUT2D eigenvalue weighted by molar-refractivity contribution is 5.36. The molecule has 1 fully saturated rings. The highest BCUT2D eigenvalue weighted by Gasteiger charge is 2.20. The van der Waals surface area contributed by atoms with E-state index in [9.17, 15) is 5.11 Å². The van der Waals surface area contributed by atoms with Gasteiger partial charge < -0.3 is 19.6 Å². The summed E-state index contributed by atoms with van der Waals surface area (Å²) in [7, 11) is 4.41. The van der Waals surface area contributed by atoms with Gasteiger partial charge in [0, 0.05) is 24.7 Å². The van der Waals surface area contributed by atoms with Crippen LogP contribution in [0.2, 0.25) is 0 Å². The zero-order valence-corrected chi connectivity index (χ0v) is 14.2. The van der Waals surface area contributed by atoms with Gasteiger partial charge in [-0.1, -0.05) is 12.5 Å². The highest BCUT2D eigenvalue weighted by atomic mass is 16.5. The van der Waals surface area contributed by atoms with Crippen molar-refractivity contribution in [2.75, 3.05) is 33.8 Å². The lowest BCUT2D eigenvalue weighted by Gasteiger charge is -2.35. The topological polar surface area (TPSA) is 35.9 Å². The van der Waals surface area contributed by atoms with E-state index in [0.29, 0.717) is 12.6 Å². The maximum atomic E-state index is 9.50. The molecular weight excluding hydrogens is 276 g/mol. The van der Waals surface area contributed by atoms with E-state index in [1.54, 1.807) is 0 Å². The first-order valence-corrected chi connectivity index (χ1v) is 8.38. The molecule has 0 bridgehead atoms. The van der Waals surface area contributed by atoms with Gasteiger partial charge >= 0.3 is 0 Å². The largest absolute Gasteiger partial charge is 0.494 e. The van der Waals surface area contributed by atoms with Crippen LogP contribution in [0.1, 0.15) is 37.3 Å². The van der Waals surface area contributed by atoms with Gasteiger partial charge in [0.2, 0.25) is 0 Å². The van der Waals surface area contributed by atoms with Crippen molar-refractivity contribution in [1.29, 1.82) is 0 Å². The van der Waals surface area contributed by atoms with Crippen LogP contribution in [0, 0.1) is 0 Å². The molecule has 0 saturated carbocycles. The molecular formula is C18H30N2O2. The molecule has 1 saturated heterocycles. The third-order valence-electron chi connectivity index (χ3n) is 4.49. The Morgan fingerprint density at radius 3 is 2.86 bits per heavy atom. The number of aliphatic hydroxyl groups is 1. The molecule has 0 aliphatic carbocycles. The lowest BCUT2D eigenvalue weighted by Crippen LogP contribution is -2.43. The third-order valence-corrected chi connectivity index (χ3v) is 4.49. The number of hydrogen-bond acceptors (Lipinski definition) is 4. The van der Waals surface area contributed by atoms with Crippen LogP contribution >= 0.6 is 0 Å². The van der Waals surface area contributed by atoms with Crippen LogP contribution in [0.4, 0.5) is 0 Å². The molecule has 2 rings (SSSR count). The first-order chi connectivity index (χ1) is 10.6. The van der Waals surface area contributed by atoms with E-state index in [4.69, 9.17) is 4.74 Å². The fraction of sp³-hybridized carbons (Fsp3) is 0.667. The fourth-order valence-corrected chi connectivity index (χ4v) is 3.26. The standard InChI is InChI=1S/C18H30N2O2/c1-4-22-18-9-8-15(11-16(18)14-21)12-19(2)13-17-7-5-6-10-20(17)3/h8-9,11,17,21H,4-7,10,12-14H2,1-3H3/t17-/m0/s1. The molecule has 1 aromatic carbocycles. The summed E-state index contributed by atoms with van der Waals surface area (Å²) in [4.78, 5) is 4.86. The zero-order chi connectivity index (χ0) is 15.9. The molecule has 0 spiro atoms. The van der Waals surface area contributed by atoms with E-state index >= 15 is 0 Å². The monoisotopic (exact) mass is 306 g/mol. The molecule has 4 nitrogen and oxygen atoms in total. The summed E-state index contributed by atoms with van der Waals surface area (Å²) >= 11 is 0. The number of rotatable bonds is 7. The second kappa shape index (κ2) is 8.51. The highest BCUT2D eigenvalue weighted by Crippen LogP contribution is 2.22. The number of likely N-dealkylation sites (tertiary alicyclic amines) is 1. The maximum absolute atomic E-state index is 9.50. The summed E-state index contributed by atoms with van der Waals surface area (Å²) < 4.78 is 5.54. The number of ether oxygens (including phenoxy) is 1. The molecule has 1 aromatic rings. The Bertz CT molecular complexity index is 464. The number of nitrogens with zero attached hydrogens (tertiary/aromatic N) is 2. The van der Waals surface area contributed by atoms with Crippen LogP contribution in [-0.2, 0) is 13.2 Å². The Balaban J connectivity index is 1.94. The Morgan fingerprint density at radius 2 is 2.18 bits per heavy atom. The normalized spacial score (nSPS) is 19.6. The average molecular weight is 306 g/mol. The lowest BCUT2D eigenvalue weighted by molar-refractivity contribution is 0.138. The fourth-order valence-electron chi connectivity index (χ4n) is 3.26. The molecule has 1 aliphatic heterocycles. The Morgan fingerprint density at radius 1 is 1.36 bits per heavy atom. The van der Waals surface area contributed by atoms with Gasteiger partial charge in [0.1, 0.15) is 5.75 Å². The third kappa shape index (κ3) is 4.70. The van der Waals surface area contributed by atoms with Crippen LogP contribution in [0.15, 0.2) is 18.2 Å². The van der Waals surface area contributed by atoms with Gasteiger partial charge in [-0.2, -0.15) is 0 Å². The van der Waals surface area contributed by atoms with Gasteiger partial charge in [0.25, 0.3) is 0 Å². The SMILES string of the molecule is CCOc1ccc(CN(C)C[C@@H]2CCCCN2C)cc1CO. The summed E-state index contributed by atoms with van der Waals surface area (Å²) in [5, 5.41) is 9.50. The number of aliphatic hydroxyl groups excluding tert-OH is 1. The molecule has 0 radical (unpaired) electrons. The number of piperidine rings is 1. The maximum Gasteiger partial charge on any atom is 0.124 e. The van der Waals surface area contributed by atoms with Crippen LogP contribution in [-0.4, -0.2) is 54.7 Å². The van der Waals surface area contributed by atoms with Crippen LogP contribution in [0.3, 0.4) is 0 Å². The molecule has 1 heterocycles. The summed E-state index contributed by atoms with van der Waals surface area (Å²) in [5.41, 5.74) is 2.11. The molecule has 1 N–H and O–H groups in total. The van der Waals surface area contributed by atoms with Crippen LogP contribution < -0.4 is 4.74 Å². The van der Waals surface area contributed by atoms with Crippen LogP contribution in [0.25, 0.3) is 0 Å². The minimum atomic E-state index is 0.0260. The van der Waals surface area contributed by atoms with E-state index in [0.717, 1.165) is 24.4 Å². The minimum Gasteiger partial charge on any atom is -0.494 e. The summed E-state index contributed by atoms with van der Waals surface area (Å²) in [6, 6.07) is 6.81. The van der Waals surface area contributed by atoms with Crippen molar-refractivity contribution >= 4 is 0 Å². The predicted molar refractivity (Wildman–Crippen MR) is 90.1 cm³/mol. The van der Waals surface area contributed by atoms with Gasteiger partial charge in [-0.3, -0.25) is 0 Å². The molecule has 1 aliphatic rings. The Labute approximate surface area is 134 Å². The van der Waals surface area contributed by atoms with Crippen molar-refractivity contribution in [2.45, 2.75) is 45.4 Å². The Hall–Kier alpha value is -1.10. The Kier molecular flexibility index (Phi) is 6.68. The van der Waals surface area contributed by atoms with Gasteiger partial charge in [-0.25, -0.2) is 0 Å². The van der Waals surface area contributed by atoms with Gasteiger partial charge in [-0.15, -0.1) is 0 Å². The number of hydrogen-bond donors (Lipinski definition) is 1. The summed E-state index contributed by atoms with van der Waals surface area (Å²) in [6.45, 7) is 5.83. The molecule has 0 aromatic heterocycles. The molecule has 22 heavy (non-hydrogen) atoms. The van der Waals surface area contributed by atoms with E-state index in [1.165, 1.54) is 31.4 Å². The van der Waals surface area contributed by atoms with Crippen molar-refractivity contribution in [1.82, 2.24) is 9.80 Å². The minimum absolute atomic E-state index is 0.0260. The first kappa shape index (κ1) is 17.3. The molecule has 4 heteroatoms. The first-order valence-electron chi connectivity index (χ1n) is 8.38. The van der Waals surface area contributed by atoms with Crippen molar-refractivity contribution < 1.29 is 9.84 Å². The van der Waals surface area contributed by atoms with Gasteiger partial charge in [0.15, 0.2) is 0 Å². The van der Waals surface area contributed by atoms with E-state index < -0.39 is 0 Å². The van der Waals surface area contributed by atoms with Crippen molar-refractivity contribution in [3.8, 4) is 5.75 Å². The summed E-state index contributed by atoms with van der Waals surface area (Å²) in [6.07, 6.45) is 3.97.